The Hall–Kier alpha value is -1.83. The maximum Gasteiger partial charge on any atom is 0.309 e. The number of ether oxygens (including phenoxy) is 1. The summed E-state index contributed by atoms with van der Waals surface area (Å²) in [7, 11) is 0. The highest BCUT2D eigenvalue weighted by atomic mass is 32.1. The molecule has 2 heterocycles. The number of Topliss-reactive ketones (excluding diaryl/α,β-unsaturated/α-hetero) is 1. The first-order chi connectivity index (χ1) is 16.9. The standard InChI is InChI=1S/C29H45NO5S/c1-8-10-22-12-9-11-18(2)27(33)20(4)28(34)29(6,7)25(31)16-26(32)35-24(14-13-22)19(3)15-23-17-36-21(5)30-23/h13,15,17-18,20,24-25,27,31,33H,8-12,14,16H2,1-7H3/b19-15+,22-13-/t18-,20+,24?,25-,27-/m0/s1. The number of cyclic esters (lactones) is 1. The Bertz CT molecular complexity index is 947. The topological polar surface area (TPSA) is 96.7 Å². The molecule has 0 aliphatic carbocycles. The van der Waals surface area contributed by atoms with E-state index in [2.05, 4.69) is 18.0 Å². The van der Waals surface area contributed by atoms with E-state index in [-0.39, 0.29) is 18.1 Å². The van der Waals surface area contributed by atoms with Crippen LogP contribution in [0.25, 0.3) is 6.08 Å². The quantitative estimate of drug-likeness (QED) is 0.371. The molecule has 0 radical (unpaired) electrons. The van der Waals surface area contributed by atoms with Crippen molar-refractivity contribution in [2.75, 3.05) is 0 Å². The minimum absolute atomic E-state index is 0.0443. The van der Waals surface area contributed by atoms with Crippen molar-refractivity contribution in [2.24, 2.45) is 17.3 Å². The average molecular weight is 520 g/mol. The first-order valence-corrected chi connectivity index (χ1v) is 14.1. The zero-order valence-corrected chi connectivity index (χ0v) is 23.9. The number of aromatic nitrogens is 1. The van der Waals surface area contributed by atoms with E-state index in [1.165, 1.54) is 5.57 Å². The average Bonchev–Trinajstić information content (AvgIpc) is 3.23. The number of esters is 1. The Kier molecular flexibility index (Phi) is 11.5. The molecular weight excluding hydrogens is 474 g/mol. The monoisotopic (exact) mass is 519 g/mol. The van der Waals surface area contributed by atoms with Gasteiger partial charge in [-0.05, 0) is 57.1 Å². The minimum Gasteiger partial charge on any atom is -0.457 e. The molecule has 1 aliphatic heterocycles. The molecule has 2 N–H and O–H groups in total. The van der Waals surface area contributed by atoms with E-state index in [0.29, 0.717) is 6.42 Å². The van der Waals surface area contributed by atoms with Crippen LogP contribution < -0.4 is 0 Å². The van der Waals surface area contributed by atoms with Gasteiger partial charge in [-0.25, -0.2) is 4.98 Å². The second kappa shape index (κ2) is 13.6. The van der Waals surface area contributed by atoms with Crippen molar-refractivity contribution in [3.05, 3.63) is 33.3 Å². The predicted molar refractivity (Wildman–Crippen MR) is 146 cm³/mol. The molecule has 0 spiro atoms. The number of rotatable bonds is 4. The zero-order chi connectivity index (χ0) is 27.0. The highest BCUT2D eigenvalue weighted by molar-refractivity contribution is 7.09. The molecule has 0 fully saturated rings. The van der Waals surface area contributed by atoms with Crippen LogP contribution in [0.1, 0.15) is 97.2 Å². The van der Waals surface area contributed by atoms with Gasteiger partial charge in [0.1, 0.15) is 11.9 Å². The van der Waals surface area contributed by atoms with Gasteiger partial charge in [0, 0.05) is 17.7 Å². The number of ketones is 1. The van der Waals surface area contributed by atoms with Crippen molar-refractivity contribution in [3.63, 3.8) is 0 Å². The fourth-order valence-electron chi connectivity index (χ4n) is 4.86. The number of carbonyl (C=O) groups is 2. The van der Waals surface area contributed by atoms with Crippen molar-refractivity contribution >= 4 is 29.2 Å². The molecule has 0 aromatic carbocycles. The van der Waals surface area contributed by atoms with Crippen LogP contribution in [0.5, 0.6) is 0 Å². The minimum atomic E-state index is -1.22. The Morgan fingerprint density at radius 1 is 1.28 bits per heavy atom. The van der Waals surface area contributed by atoms with E-state index >= 15 is 0 Å². The number of hydrogen-bond acceptors (Lipinski definition) is 7. The van der Waals surface area contributed by atoms with Gasteiger partial charge in [-0.2, -0.15) is 0 Å². The SMILES string of the molecule is CCC/C1=C/CC(/C(C)=C/c2csc(C)n2)OC(=O)C[C@H](O)C(C)(C)C(=O)[C@H](C)[C@@H](O)[C@@H](C)CCC1. The van der Waals surface area contributed by atoms with E-state index < -0.39 is 35.6 Å². The molecule has 0 bridgehead atoms. The summed E-state index contributed by atoms with van der Waals surface area (Å²) in [5, 5.41) is 24.7. The molecule has 0 saturated carbocycles. The number of thiazole rings is 1. The normalized spacial score (nSPS) is 31.0. The Morgan fingerprint density at radius 3 is 2.58 bits per heavy atom. The Balaban J connectivity index is 2.39. The number of nitrogens with zero attached hydrogens (tertiary/aromatic N) is 1. The summed E-state index contributed by atoms with van der Waals surface area (Å²) in [6.45, 7) is 13.0. The van der Waals surface area contributed by atoms with Crippen LogP contribution in [0.2, 0.25) is 0 Å². The highest BCUT2D eigenvalue weighted by Gasteiger charge is 2.42. The number of aliphatic hydroxyl groups is 2. The summed E-state index contributed by atoms with van der Waals surface area (Å²) in [6.07, 6.45) is 6.51. The van der Waals surface area contributed by atoms with Crippen LogP contribution in [0.4, 0.5) is 0 Å². The molecule has 0 saturated heterocycles. The molecule has 7 heteroatoms. The molecule has 6 nitrogen and oxygen atoms in total. The second-order valence-corrected chi connectivity index (χ2v) is 12.0. The van der Waals surface area contributed by atoms with E-state index in [1.54, 1.807) is 32.1 Å². The van der Waals surface area contributed by atoms with Crippen LogP contribution in [0.3, 0.4) is 0 Å². The van der Waals surface area contributed by atoms with Crippen LogP contribution >= 0.6 is 11.3 Å². The smallest absolute Gasteiger partial charge is 0.309 e. The first kappa shape index (κ1) is 30.4. The van der Waals surface area contributed by atoms with E-state index in [9.17, 15) is 19.8 Å². The largest absolute Gasteiger partial charge is 0.457 e. The van der Waals surface area contributed by atoms with Gasteiger partial charge >= 0.3 is 5.97 Å². The number of aliphatic hydroxyl groups excluding tert-OH is 2. The molecule has 1 aromatic heterocycles. The van der Waals surface area contributed by atoms with Gasteiger partial charge in [0.2, 0.25) is 0 Å². The molecule has 36 heavy (non-hydrogen) atoms. The summed E-state index contributed by atoms with van der Waals surface area (Å²) in [5.41, 5.74) is 1.85. The molecular formula is C29H45NO5S. The predicted octanol–water partition coefficient (Wildman–Crippen LogP) is 6.05. The van der Waals surface area contributed by atoms with Crippen LogP contribution in [0, 0.1) is 24.2 Å². The van der Waals surface area contributed by atoms with Crippen LogP contribution in [0.15, 0.2) is 22.6 Å². The lowest BCUT2D eigenvalue weighted by atomic mass is 9.73. The third-order valence-corrected chi connectivity index (χ3v) is 8.27. The summed E-state index contributed by atoms with van der Waals surface area (Å²) < 4.78 is 5.89. The van der Waals surface area contributed by atoms with Crippen molar-refractivity contribution in [1.29, 1.82) is 0 Å². The fraction of sp³-hybridized carbons (Fsp3) is 0.690. The van der Waals surface area contributed by atoms with Gasteiger partial charge in [0.15, 0.2) is 0 Å². The van der Waals surface area contributed by atoms with E-state index in [1.807, 2.05) is 32.2 Å². The van der Waals surface area contributed by atoms with Gasteiger partial charge in [-0.1, -0.05) is 52.7 Å². The third-order valence-electron chi connectivity index (χ3n) is 7.48. The molecule has 1 unspecified atom stereocenters. The molecule has 1 aliphatic rings. The van der Waals surface area contributed by atoms with Crippen molar-refractivity contribution < 1.29 is 24.5 Å². The summed E-state index contributed by atoms with van der Waals surface area (Å²) >= 11 is 1.57. The van der Waals surface area contributed by atoms with Gasteiger partial charge in [-0.3, -0.25) is 9.59 Å². The van der Waals surface area contributed by atoms with Crippen molar-refractivity contribution in [3.8, 4) is 0 Å². The summed E-state index contributed by atoms with van der Waals surface area (Å²) in [6, 6.07) is 0. The Labute approximate surface area is 220 Å². The lowest BCUT2D eigenvalue weighted by Crippen LogP contribution is -2.45. The van der Waals surface area contributed by atoms with Crippen LogP contribution in [-0.4, -0.2) is 45.3 Å². The second-order valence-electron chi connectivity index (χ2n) is 11.0. The number of hydrogen-bond donors (Lipinski definition) is 2. The maximum absolute atomic E-state index is 13.3. The van der Waals surface area contributed by atoms with Crippen molar-refractivity contribution in [1.82, 2.24) is 4.98 Å². The van der Waals surface area contributed by atoms with Gasteiger partial charge < -0.3 is 14.9 Å². The zero-order valence-electron chi connectivity index (χ0n) is 23.0. The summed E-state index contributed by atoms with van der Waals surface area (Å²) in [4.78, 5) is 30.7. The highest BCUT2D eigenvalue weighted by Crippen LogP contribution is 2.32. The van der Waals surface area contributed by atoms with Gasteiger partial charge in [0.25, 0.3) is 0 Å². The number of carbonyl (C=O) groups excluding carboxylic acids is 2. The van der Waals surface area contributed by atoms with Crippen LogP contribution in [-0.2, 0) is 14.3 Å². The third kappa shape index (κ3) is 8.35. The van der Waals surface area contributed by atoms with Crippen molar-refractivity contribution in [2.45, 2.75) is 112 Å². The van der Waals surface area contributed by atoms with Gasteiger partial charge in [0.05, 0.1) is 34.7 Å². The van der Waals surface area contributed by atoms with Gasteiger partial charge in [-0.15, -0.1) is 11.3 Å². The molecule has 2 rings (SSSR count). The first-order valence-electron chi connectivity index (χ1n) is 13.2. The lowest BCUT2D eigenvalue weighted by Gasteiger charge is -2.34. The summed E-state index contributed by atoms with van der Waals surface area (Å²) in [5.74, 6) is -1.47. The fourth-order valence-corrected chi connectivity index (χ4v) is 5.43. The van der Waals surface area contributed by atoms with E-state index in [0.717, 1.165) is 48.4 Å². The lowest BCUT2D eigenvalue weighted by molar-refractivity contribution is -0.154. The molecule has 202 valence electrons. The number of aryl methyl sites for hydroxylation is 1. The Morgan fingerprint density at radius 2 is 1.97 bits per heavy atom. The molecule has 5 atom stereocenters. The molecule has 1 aromatic rings. The van der Waals surface area contributed by atoms with E-state index in [4.69, 9.17) is 4.74 Å². The number of allylic oxidation sites excluding steroid dienone is 1. The molecule has 0 amide bonds. The maximum atomic E-state index is 13.3.